The molecule has 23 heavy (non-hydrogen) atoms. The molecule has 1 aromatic heterocycles. The second kappa shape index (κ2) is 6.56. The maximum Gasteiger partial charge on any atom is 0.498 e. The van der Waals surface area contributed by atoms with Crippen LogP contribution in [0.2, 0.25) is 0 Å². The number of aromatic nitrogens is 2. The Morgan fingerprint density at radius 3 is 2.48 bits per heavy atom. The van der Waals surface area contributed by atoms with Crippen molar-refractivity contribution in [1.29, 1.82) is 0 Å². The van der Waals surface area contributed by atoms with Crippen LogP contribution in [-0.4, -0.2) is 23.9 Å². The topological polar surface area (TPSA) is 64.6 Å². The van der Waals surface area contributed by atoms with Gasteiger partial charge < -0.3 is 14.6 Å². The number of benzene rings is 1. The van der Waals surface area contributed by atoms with Gasteiger partial charge in [0.15, 0.2) is 11.5 Å². The van der Waals surface area contributed by atoms with Crippen LogP contribution in [-0.2, 0) is 14.1 Å². The van der Waals surface area contributed by atoms with E-state index < -0.39 is 0 Å². The van der Waals surface area contributed by atoms with Crippen LogP contribution >= 0.6 is 0 Å². The first-order chi connectivity index (χ1) is 10.9. The quantitative estimate of drug-likeness (QED) is 0.866. The Balaban J connectivity index is 2.53. The lowest BCUT2D eigenvalue weighted by atomic mass is 10.1. The Kier molecular flexibility index (Phi) is 4.74. The summed E-state index contributed by atoms with van der Waals surface area (Å²) in [5, 5.41) is 9.98. The highest BCUT2D eigenvalue weighted by Gasteiger charge is 2.13. The van der Waals surface area contributed by atoms with E-state index in [2.05, 4.69) is 0 Å². The number of nitrogens with zero attached hydrogens (tertiary/aromatic N) is 2. The van der Waals surface area contributed by atoms with Crippen LogP contribution < -0.4 is 19.7 Å². The molecule has 0 spiro atoms. The summed E-state index contributed by atoms with van der Waals surface area (Å²) in [5.74, 6) is 0.869. The first-order valence-corrected chi connectivity index (χ1v) is 7.08. The molecule has 0 aliphatic carbocycles. The molecule has 0 aliphatic heterocycles. The van der Waals surface area contributed by atoms with E-state index in [0.717, 1.165) is 11.4 Å². The molecule has 0 atom stereocenters. The van der Waals surface area contributed by atoms with E-state index in [9.17, 15) is 9.90 Å². The van der Waals surface area contributed by atoms with E-state index in [4.69, 9.17) is 9.47 Å². The molecular weight excluding hydrogens is 296 g/mol. The van der Waals surface area contributed by atoms with E-state index >= 15 is 0 Å². The molecule has 0 amide bonds. The van der Waals surface area contributed by atoms with Gasteiger partial charge in [-0.3, -0.25) is 0 Å². The number of ether oxygens (including phenoxy) is 2. The van der Waals surface area contributed by atoms with Crippen molar-refractivity contribution in [2.75, 3.05) is 14.2 Å². The summed E-state index contributed by atoms with van der Waals surface area (Å²) >= 11 is 0. The van der Waals surface area contributed by atoms with Crippen molar-refractivity contribution in [1.82, 2.24) is 4.57 Å². The molecule has 2 rings (SSSR count). The van der Waals surface area contributed by atoms with Crippen molar-refractivity contribution in [2.24, 2.45) is 14.1 Å². The molecule has 0 bridgehead atoms. The van der Waals surface area contributed by atoms with Crippen LogP contribution in [0.4, 0.5) is 0 Å². The first kappa shape index (κ1) is 16.6. The van der Waals surface area contributed by atoms with E-state index in [1.54, 1.807) is 41.4 Å². The molecule has 6 nitrogen and oxygen atoms in total. The van der Waals surface area contributed by atoms with Crippen LogP contribution in [0.1, 0.15) is 17.0 Å². The minimum atomic E-state index is -0.106. The normalized spacial score (nSPS) is 11.0. The molecule has 1 heterocycles. The molecule has 0 fully saturated rings. The van der Waals surface area contributed by atoms with Gasteiger partial charge in [-0.25, -0.2) is 0 Å². The largest absolute Gasteiger partial charge is 0.504 e. The monoisotopic (exact) mass is 317 g/mol. The van der Waals surface area contributed by atoms with Crippen molar-refractivity contribution in [3.05, 3.63) is 45.6 Å². The molecule has 0 saturated carbocycles. The third kappa shape index (κ3) is 3.21. The van der Waals surface area contributed by atoms with E-state index in [0.29, 0.717) is 17.1 Å². The molecule has 0 radical (unpaired) electrons. The van der Waals surface area contributed by atoms with Crippen LogP contribution in [0.3, 0.4) is 0 Å². The predicted molar refractivity (Wildman–Crippen MR) is 87.7 cm³/mol. The number of aryl methyl sites for hydroxylation is 1. The summed E-state index contributed by atoms with van der Waals surface area (Å²) in [6, 6.07) is 5.14. The number of hydrogen-bond acceptors (Lipinski definition) is 4. The highest BCUT2D eigenvalue weighted by atomic mass is 16.5. The van der Waals surface area contributed by atoms with Gasteiger partial charge in [-0.15, -0.1) is 0 Å². The Morgan fingerprint density at radius 2 is 1.87 bits per heavy atom. The van der Waals surface area contributed by atoms with E-state index in [-0.39, 0.29) is 11.4 Å². The zero-order valence-corrected chi connectivity index (χ0v) is 14.0. The van der Waals surface area contributed by atoms with Gasteiger partial charge in [0.25, 0.3) is 0 Å². The Morgan fingerprint density at radius 1 is 1.17 bits per heavy atom. The van der Waals surface area contributed by atoms with Gasteiger partial charge in [-0.2, -0.15) is 13.9 Å². The van der Waals surface area contributed by atoms with Crippen LogP contribution in [0.25, 0.3) is 12.2 Å². The van der Waals surface area contributed by atoms with Crippen molar-refractivity contribution < 1.29 is 19.1 Å². The van der Waals surface area contributed by atoms with Gasteiger partial charge in [0.2, 0.25) is 0 Å². The lowest BCUT2D eigenvalue weighted by Crippen LogP contribution is -2.53. The van der Waals surface area contributed by atoms with E-state index in [1.807, 2.05) is 13.0 Å². The highest BCUT2D eigenvalue weighted by Crippen LogP contribution is 2.35. The SMILES string of the molecule is COc1cc(O)c(OC)c(C=Cc2cc(C)n(C)c(=O)[n+]2C)c1. The Bertz CT molecular complexity index is 822. The minimum Gasteiger partial charge on any atom is -0.504 e. The Labute approximate surface area is 134 Å². The summed E-state index contributed by atoms with van der Waals surface area (Å²) in [4.78, 5) is 12.1. The van der Waals surface area contributed by atoms with E-state index in [1.165, 1.54) is 20.3 Å². The molecule has 122 valence electrons. The molecule has 6 heteroatoms. The first-order valence-electron chi connectivity index (χ1n) is 7.08. The van der Waals surface area contributed by atoms with Gasteiger partial charge >= 0.3 is 5.69 Å². The second-order valence-electron chi connectivity index (χ2n) is 5.21. The van der Waals surface area contributed by atoms with Gasteiger partial charge in [-0.05, 0) is 25.1 Å². The number of aromatic hydroxyl groups is 1. The smallest absolute Gasteiger partial charge is 0.498 e. The minimum absolute atomic E-state index is 0.00367. The molecular formula is C17H21N2O4+. The fraction of sp³-hybridized carbons (Fsp3) is 0.294. The van der Waals surface area contributed by atoms with Crippen molar-refractivity contribution in [3.63, 3.8) is 0 Å². The number of phenols is 1. The fourth-order valence-corrected chi connectivity index (χ4v) is 2.30. The third-order valence-electron chi connectivity index (χ3n) is 3.79. The zero-order chi connectivity index (χ0) is 17.1. The predicted octanol–water partition coefficient (Wildman–Crippen LogP) is 1.41. The molecule has 1 aromatic carbocycles. The number of methoxy groups -OCH3 is 2. The molecule has 2 aromatic rings. The lowest BCUT2D eigenvalue weighted by Gasteiger charge is -2.10. The number of rotatable bonds is 4. The van der Waals surface area contributed by atoms with Gasteiger partial charge in [0, 0.05) is 17.7 Å². The highest BCUT2D eigenvalue weighted by molar-refractivity contribution is 5.73. The maximum atomic E-state index is 12.1. The van der Waals surface area contributed by atoms with Crippen LogP contribution in [0, 0.1) is 6.92 Å². The zero-order valence-electron chi connectivity index (χ0n) is 14.0. The lowest BCUT2D eigenvalue weighted by molar-refractivity contribution is -0.692. The van der Waals surface area contributed by atoms with Crippen molar-refractivity contribution in [2.45, 2.75) is 6.92 Å². The summed E-state index contributed by atoms with van der Waals surface area (Å²) in [6.45, 7) is 1.87. The van der Waals surface area contributed by atoms with Gasteiger partial charge in [0.1, 0.15) is 17.1 Å². The summed E-state index contributed by atoms with van der Waals surface area (Å²) < 4.78 is 13.5. The van der Waals surface area contributed by atoms with Gasteiger partial charge in [0.05, 0.1) is 28.3 Å². The standard InChI is InChI=1S/C17H20N2O4/c1-11-8-13(19(3)17(21)18(11)2)7-6-12-9-14(22-4)10-15(20)16(12)23-5/h6-10H,1-5H3/p+1. The average Bonchev–Trinajstić information content (AvgIpc) is 2.54. The second-order valence-corrected chi connectivity index (χ2v) is 5.21. The maximum absolute atomic E-state index is 12.1. The number of hydrogen-bond donors (Lipinski definition) is 1. The molecule has 0 unspecified atom stereocenters. The molecule has 1 N–H and O–H groups in total. The molecule has 0 aliphatic rings. The summed E-state index contributed by atoms with van der Waals surface area (Å²) in [6.07, 6.45) is 3.57. The Hall–Kier alpha value is -2.76. The average molecular weight is 317 g/mol. The van der Waals surface area contributed by atoms with Crippen molar-refractivity contribution in [3.8, 4) is 17.2 Å². The van der Waals surface area contributed by atoms with Crippen LogP contribution in [0.5, 0.6) is 17.2 Å². The third-order valence-corrected chi connectivity index (χ3v) is 3.79. The fourth-order valence-electron chi connectivity index (χ4n) is 2.30. The summed E-state index contributed by atoms with van der Waals surface area (Å²) in [7, 11) is 6.45. The van der Waals surface area contributed by atoms with Gasteiger partial charge in [-0.1, -0.05) is 0 Å². The van der Waals surface area contributed by atoms with Crippen LogP contribution in [0.15, 0.2) is 23.0 Å². The summed E-state index contributed by atoms with van der Waals surface area (Å²) in [5.41, 5.74) is 2.15. The van der Waals surface area contributed by atoms with Crippen molar-refractivity contribution >= 4 is 12.2 Å². The number of phenolic OH excluding ortho intramolecular Hbond substituents is 1. The molecule has 0 saturated heterocycles.